The third-order valence-corrected chi connectivity index (χ3v) is 2.46. The number of aromatic nitrogens is 3. The van der Waals surface area contributed by atoms with Crippen LogP contribution in [0.3, 0.4) is 0 Å². The summed E-state index contributed by atoms with van der Waals surface area (Å²) in [7, 11) is 0. The molecule has 0 aliphatic rings. The van der Waals surface area contributed by atoms with Crippen LogP contribution in [0.15, 0.2) is 24.5 Å². The standard InChI is InChI=1S/C13H17N3O2/c1-3-4-16-8-12(7-14-16)18-13-6-11(9-17)5-10(2)15-13/h5-8,17H,3-4,9H2,1-2H3. The lowest BCUT2D eigenvalue weighted by molar-refractivity contribution is 0.281. The van der Waals surface area contributed by atoms with Crippen LogP contribution in [0, 0.1) is 6.92 Å². The number of hydrogen-bond donors (Lipinski definition) is 1. The molecule has 0 spiro atoms. The highest BCUT2D eigenvalue weighted by atomic mass is 16.5. The number of pyridine rings is 1. The number of aliphatic hydroxyl groups is 1. The van der Waals surface area contributed by atoms with Crippen molar-refractivity contribution in [3.05, 3.63) is 35.8 Å². The normalized spacial score (nSPS) is 10.6. The van der Waals surface area contributed by atoms with Gasteiger partial charge >= 0.3 is 0 Å². The van der Waals surface area contributed by atoms with Crippen molar-refractivity contribution in [2.24, 2.45) is 0 Å². The van der Waals surface area contributed by atoms with Gasteiger partial charge in [-0.05, 0) is 25.0 Å². The summed E-state index contributed by atoms with van der Waals surface area (Å²) in [6.45, 7) is 4.81. The van der Waals surface area contributed by atoms with Crippen molar-refractivity contribution in [3.8, 4) is 11.6 Å². The lowest BCUT2D eigenvalue weighted by Crippen LogP contribution is -1.96. The van der Waals surface area contributed by atoms with Gasteiger partial charge in [0.25, 0.3) is 0 Å². The van der Waals surface area contributed by atoms with Crippen LogP contribution in [0.1, 0.15) is 24.6 Å². The summed E-state index contributed by atoms with van der Waals surface area (Å²) >= 11 is 0. The first-order valence-electron chi connectivity index (χ1n) is 6.00. The van der Waals surface area contributed by atoms with Gasteiger partial charge in [0.1, 0.15) is 0 Å². The van der Waals surface area contributed by atoms with Crippen LogP contribution in [0.25, 0.3) is 0 Å². The second kappa shape index (κ2) is 5.64. The maximum absolute atomic E-state index is 9.13. The highest BCUT2D eigenvalue weighted by Crippen LogP contribution is 2.20. The van der Waals surface area contributed by atoms with Gasteiger partial charge in [0.2, 0.25) is 5.88 Å². The molecule has 0 amide bonds. The monoisotopic (exact) mass is 247 g/mol. The van der Waals surface area contributed by atoms with Crippen molar-refractivity contribution in [1.29, 1.82) is 0 Å². The molecule has 5 heteroatoms. The van der Waals surface area contributed by atoms with Gasteiger partial charge in [0.05, 0.1) is 19.0 Å². The van der Waals surface area contributed by atoms with E-state index in [9.17, 15) is 0 Å². The van der Waals surface area contributed by atoms with Crippen LogP contribution in [-0.2, 0) is 13.2 Å². The number of aryl methyl sites for hydroxylation is 2. The van der Waals surface area contributed by atoms with Crippen molar-refractivity contribution in [1.82, 2.24) is 14.8 Å². The predicted octanol–water partition coefficient (Wildman–Crippen LogP) is 2.28. The first-order valence-corrected chi connectivity index (χ1v) is 6.00. The van der Waals surface area contributed by atoms with Gasteiger partial charge in [-0.2, -0.15) is 5.10 Å². The summed E-state index contributed by atoms with van der Waals surface area (Å²) < 4.78 is 7.45. The Bertz CT molecular complexity index is 523. The molecule has 1 N–H and O–H groups in total. The summed E-state index contributed by atoms with van der Waals surface area (Å²) in [6.07, 6.45) is 4.53. The molecule has 0 fully saturated rings. The Hall–Kier alpha value is -1.88. The molecule has 0 aliphatic carbocycles. The zero-order valence-corrected chi connectivity index (χ0v) is 10.6. The molecule has 2 heterocycles. The van der Waals surface area contributed by atoms with Crippen molar-refractivity contribution < 1.29 is 9.84 Å². The van der Waals surface area contributed by atoms with Crippen molar-refractivity contribution in [2.45, 2.75) is 33.4 Å². The molecular weight excluding hydrogens is 230 g/mol. The zero-order valence-electron chi connectivity index (χ0n) is 10.6. The molecule has 0 saturated heterocycles. The van der Waals surface area contributed by atoms with Crippen molar-refractivity contribution in [3.63, 3.8) is 0 Å². The largest absolute Gasteiger partial charge is 0.436 e. The van der Waals surface area contributed by atoms with E-state index in [-0.39, 0.29) is 6.61 Å². The molecule has 0 atom stereocenters. The van der Waals surface area contributed by atoms with Gasteiger partial charge in [-0.3, -0.25) is 4.68 Å². The Morgan fingerprint density at radius 3 is 2.94 bits per heavy atom. The summed E-state index contributed by atoms with van der Waals surface area (Å²) in [5.41, 5.74) is 1.61. The molecule has 2 aromatic heterocycles. The molecule has 0 saturated carbocycles. The van der Waals surface area contributed by atoms with E-state index >= 15 is 0 Å². The Labute approximate surface area is 106 Å². The summed E-state index contributed by atoms with van der Waals surface area (Å²) in [6, 6.07) is 3.55. The first kappa shape index (κ1) is 12.6. The van der Waals surface area contributed by atoms with Crippen LogP contribution in [0.2, 0.25) is 0 Å². The number of nitrogens with zero attached hydrogens (tertiary/aromatic N) is 3. The van der Waals surface area contributed by atoms with Crippen LogP contribution in [0.4, 0.5) is 0 Å². The molecule has 2 rings (SSSR count). The molecule has 96 valence electrons. The fourth-order valence-electron chi connectivity index (χ4n) is 1.72. The first-order chi connectivity index (χ1) is 8.71. The van der Waals surface area contributed by atoms with Crippen molar-refractivity contribution >= 4 is 0 Å². The second-order valence-electron chi connectivity index (χ2n) is 4.15. The fraction of sp³-hybridized carbons (Fsp3) is 0.385. The topological polar surface area (TPSA) is 60.2 Å². The number of aliphatic hydroxyl groups excluding tert-OH is 1. The maximum Gasteiger partial charge on any atom is 0.219 e. The Kier molecular flexibility index (Phi) is 3.94. The SMILES string of the molecule is CCCn1cc(Oc2cc(CO)cc(C)n2)cn1. The van der Waals surface area contributed by atoms with E-state index in [2.05, 4.69) is 17.0 Å². The van der Waals surface area contributed by atoms with Crippen LogP contribution in [-0.4, -0.2) is 19.9 Å². The Morgan fingerprint density at radius 1 is 1.39 bits per heavy atom. The van der Waals surface area contributed by atoms with E-state index in [1.54, 1.807) is 12.3 Å². The average Bonchev–Trinajstić information content (AvgIpc) is 2.76. The van der Waals surface area contributed by atoms with Crippen LogP contribution >= 0.6 is 0 Å². The van der Waals surface area contributed by atoms with Gasteiger partial charge < -0.3 is 9.84 Å². The minimum Gasteiger partial charge on any atom is -0.436 e. The fourth-order valence-corrected chi connectivity index (χ4v) is 1.72. The van der Waals surface area contributed by atoms with Crippen LogP contribution in [0.5, 0.6) is 11.6 Å². The minimum atomic E-state index is -0.0190. The molecule has 0 bridgehead atoms. The number of hydrogen-bond acceptors (Lipinski definition) is 4. The summed E-state index contributed by atoms with van der Waals surface area (Å²) in [5.74, 6) is 1.14. The van der Waals surface area contributed by atoms with Gasteiger partial charge in [-0.15, -0.1) is 0 Å². The van der Waals surface area contributed by atoms with E-state index in [0.717, 1.165) is 24.2 Å². The van der Waals surface area contributed by atoms with E-state index in [1.807, 2.05) is 23.9 Å². The molecular formula is C13H17N3O2. The average molecular weight is 247 g/mol. The molecule has 0 unspecified atom stereocenters. The van der Waals surface area contributed by atoms with E-state index < -0.39 is 0 Å². The highest BCUT2D eigenvalue weighted by molar-refractivity contribution is 5.28. The summed E-state index contributed by atoms with van der Waals surface area (Å²) in [5, 5.41) is 13.3. The Balaban J connectivity index is 2.14. The third kappa shape index (κ3) is 3.07. The lowest BCUT2D eigenvalue weighted by atomic mass is 10.2. The minimum absolute atomic E-state index is 0.0190. The van der Waals surface area contributed by atoms with Gasteiger partial charge in [-0.1, -0.05) is 6.92 Å². The van der Waals surface area contributed by atoms with E-state index in [4.69, 9.17) is 9.84 Å². The second-order valence-corrected chi connectivity index (χ2v) is 4.15. The maximum atomic E-state index is 9.13. The summed E-state index contributed by atoms with van der Waals surface area (Å²) in [4.78, 5) is 4.26. The molecule has 2 aromatic rings. The van der Waals surface area contributed by atoms with Crippen LogP contribution < -0.4 is 4.74 Å². The molecule has 0 aromatic carbocycles. The highest BCUT2D eigenvalue weighted by Gasteiger charge is 2.04. The third-order valence-electron chi connectivity index (χ3n) is 2.46. The predicted molar refractivity (Wildman–Crippen MR) is 67.5 cm³/mol. The van der Waals surface area contributed by atoms with Gasteiger partial charge in [-0.25, -0.2) is 4.98 Å². The molecule has 5 nitrogen and oxygen atoms in total. The van der Waals surface area contributed by atoms with Gasteiger partial charge in [0.15, 0.2) is 5.75 Å². The quantitative estimate of drug-likeness (QED) is 0.880. The zero-order chi connectivity index (χ0) is 13.0. The molecule has 0 aliphatic heterocycles. The number of rotatable bonds is 5. The van der Waals surface area contributed by atoms with Crippen molar-refractivity contribution in [2.75, 3.05) is 0 Å². The molecule has 0 radical (unpaired) electrons. The smallest absolute Gasteiger partial charge is 0.219 e. The van der Waals surface area contributed by atoms with E-state index in [0.29, 0.717) is 11.6 Å². The number of ether oxygens (including phenoxy) is 1. The van der Waals surface area contributed by atoms with E-state index in [1.165, 1.54) is 0 Å². The van der Waals surface area contributed by atoms with Gasteiger partial charge in [0, 0.05) is 18.3 Å². The Morgan fingerprint density at radius 2 is 2.22 bits per heavy atom. The lowest BCUT2D eigenvalue weighted by Gasteiger charge is -2.05. The molecule has 18 heavy (non-hydrogen) atoms.